The Morgan fingerprint density at radius 2 is 1.90 bits per heavy atom. The summed E-state index contributed by atoms with van der Waals surface area (Å²) in [5.74, 6) is 1.71. The normalized spacial score (nSPS) is 11.3. The number of rotatable bonds is 8. The lowest BCUT2D eigenvalue weighted by molar-refractivity contribution is 0.409. The summed E-state index contributed by atoms with van der Waals surface area (Å²) in [6, 6.07) is 16.6. The fraction of sp³-hybridized carbons (Fsp3) is 0.304. The van der Waals surface area contributed by atoms with Crippen LogP contribution in [0.15, 0.2) is 65.9 Å². The second-order valence-corrected chi connectivity index (χ2v) is 6.89. The smallest absolute Gasteiger partial charge is 0.191 e. The summed E-state index contributed by atoms with van der Waals surface area (Å²) in [4.78, 5) is 4.35. The van der Waals surface area contributed by atoms with Crippen LogP contribution < -0.4 is 15.4 Å². The van der Waals surface area contributed by atoms with E-state index < -0.39 is 0 Å². The monoisotopic (exact) mass is 391 g/mol. The zero-order valence-electron chi connectivity index (χ0n) is 17.4. The van der Waals surface area contributed by atoms with E-state index in [0.29, 0.717) is 6.54 Å². The number of hydrogen-bond donors (Lipinski definition) is 2. The van der Waals surface area contributed by atoms with E-state index in [9.17, 15) is 0 Å². The first-order valence-electron chi connectivity index (χ1n) is 9.82. The van der Waals surface area contributed by atoms with Gasteiger partial charge in [-0.3, -0.25) is 9.67 Å². The van der Waals surface area contributed by atoms with Crippen LogP contribution >= 0.6 is 0 Å². The van der Waals surface area contributed by atoms with Crippen molar-refractivity contribution in [2.24, 2.45) is 4.99 Å². The molecule has 152 valence electrons. The molecule has 0 aliphatic rings. The summed E-state index contributed by atoms with van der Waals surface area (Å²) < 4.78 is 7.40. The molecule has 3 aromatic rings. The summed E-state index contributed by atoms with van der Waals surface area (Å²) in [6.07, 6.45) is 4.64. The molecule has 0 saturated heterocycles. The lowest BCUT2D eigenvalue weighted by Gasteiger charge is -2.15. The van der Waals surface area contributed by atoms with Gasteiger partial charge in [0.05, 0.1) is 13.7 Å². The van der Waals surface area contributed by atoms with Gasteiger partial charge in [-0.1, -0.05) is 42.0 Å². The van der Waals surface area contributed by atoms with Crippen LogP contribution in [-0.4, -0.2) is 36.4 Å². The maximum absolute atomic E-state index is 5.46. The number of methoxy groups -OCH3 is 1. The lowest BCUT2D eigenvalue weighted by atomic mass is 10.1. The Hall–Kier alpha value is -3.28. The van der Waals surface area contributed by atoms with E-state index in [-0.39, 0.29) is 0 Å². The van der Waals surface area contributed by atoms with Gasteiger partial charge in [0.2, 0.25) is 0 Å². The topological polar surface area (TPSA) is 63.5 Å². The van der Waals surface area contributed by atoms with E-state index in [4.69, 9.17) is 4.74 Å². The van der Waals surface area contributed by atoms with Crippen molar-refractivity contribution in [3.05, 3.63) is 83.2 Å². The van der Waals surface area contributed by atoms with Gasteiger partial charge in [0.25, 0.3) is 0 Å². The molecule has 1 heterocycles. The van der Waals surface area contributed by atoms with Gasteiger partial charge in [0, 0.05) is 32.5 Å². The van der Waals surface area contributed by atoms with E-state index in [1.165, 1.54) is 22.3 Å². The molecule has 3 rings (SSSR count). The minimum atomic E-state index is 0.699. The number of aromatic nitrogens is 2. The average molecular weight is 392 g/mol. The summed E-state index contributed by atoms with van der Waals surface area (Å²) in [5.41, 5.74) is 4.90. The van der Waals surface area contributed by atoms with Gasteiger partial charge in [0.15, 0.2) is 5.96 Å². The first-order chi connectivity index (χ1) is 14.2. The molecule has 0 fully saturated rings. The minimum absolute atomic E-state index is 0.699. The molecule has 29 heavy (non-hydrogen) atoms. The predicted molar refractivity (Wildman–Crippen MR) is 117 cm³/mol. The summed E-state index contributed by atoms with van der Waals surface area (Å²) in [6.45, 7) is 4.32. The Balaban J connectivity index is 1.54. The van der Waals surface area contributed by atoms with E-state index in [1.807, 2.05) is 23.0 Å². The number of benzene rings is 2. The Morgan fingerprint density at radius 1 is 1.07 bits per heavy atom. The van der Waals surface area contributed by atoms with Crippen LogP contribution in [0, 0.1) is 6.92 Å². The van der Waals surface area contributed by atoms with Gasteiger partial charge in [-0.15, -0.1) is 0 Å². The molecule has 6 nitrogen and oxygen atoms in total. The van der Waals surface area contributed by atoms with Crippen molar-refractivity contribution >= 4 is 5.96 Å². The number of guanidine groups is 1. The third-order valence-electron chi connectivity index (χ3n) is 4.80. The van der Waals surface area contributed by atoms with Crippen LogP contribution in [0.25, 0.3) is 0 Å². The van der Waals surface area contributed by atoms with Crippen molar-refractivity contribution in [2.75, 3.05) is 20.7 Å². The van der Waals surface area contributed by atoms with E-state index in [2.05, 4.69) is 64.0 Å². The van der Waals surface area contributed by atoms with Crippen LogP contribution in [0.1, 0.15) is 22.3 Å². The summed E-state index contributed by atoms with van der Waals surface area (Å²) in [7, 11) is 3.50. The van der Waals surface area contributed by atoms with Crippen molar-refractivity contribution < 1.29 is 4.74 Å². The highest BCUT2D eigenvalue weighted by molar-refractivity contribution is 5.79. The van der Waals surface area contributed by atoms with Gasteiger partial charge in [-0.25, -0.2) is 0 Å². The van der Waals surface area contributed by atoms with Crippen LogP contribution in [0.2, 0.25) is 0 Å². The number of nitrogens with zero attached hydrogens (tertiary/aromatic N) is 3. The highest BCUT2D eigenvalue weighted by atomic mass is 16.5. The first kappa shape index (κ1) is 20.5. The van der Waals surface area contributed by atoms with E-state index in [1.54, 1.807) is 20.4 Å². The summed E-state index contributed by atoms with van der Waals surface area (Å²) >= 11 is 0. The van der Waals surface area contributed by atoms with Crippen molar-refractivity contribution in [3.8, 4) is 5.75 Å². The zero-order valence-corrected chi connectivity index (χ0v) is 17.4. The lowest BCUT2D eigenvalue weighted by Crippen LogP contribution is -2.38. The molecule has 2 aromatic carbocycles. The molecule has 0 saturated carbocycles. The Bertz CT molecular complexity index is 934. The van der Waals surface area contributed by atoms with Crippen LogP contribution in [0.3, 0.4) is 0 Å². The fourth-order valence-corrected chi connectivity index (χ4v) is 3.27. The largest absolute Gasteiger partial charge is 0.496 e. The zero-order chi connectivity index (χ0) is 20.5. The molecule has 2 N–H and O–H groups in total. The van der Waals surface area contributed by atoms with Crippen LogP contribution in [-0.2, 0) is 19.5 Å². The molecule has 0 atom stereocenters. The van der Waals surface area contributed by atoms with Gasteiger partial charge < -0.3 is 15.4 Å². The number of aliphatic imine (C=N–C) groups is 1. The molecule has 0 spiro atoms. The van der Waals surface area contributed by atoms with Gasteiger partial charge in [-0.2, -0.15) is 5.10 Å². The summed E-state index contributed by atoms with van der Waals surface area (Å²) in [5, 5.41) is 11.1. The number of aryl methyl sites for hydroxylation is 1. The molecular formula is C23H29N5O. The Labute approximate surface area is 172 Å². The molecule has 0 bridgehead atoms. The maximum Gasteiger partial charge on any atom is 0.191 e. The molecule has 1 aromatic heterocycles. The molecule has 0 aliphatic heterocycles. The molecule has 0 radical (unpaired) electrons. The Morgan fingerprint density at radius 3 is 2.62 bits per heavy atom. The van der Waals surface area contributed by atoms with Crippen molar-refractivity contribution in [1.29, 1.82) is 0 Å². The number of hydrogen-bond acceptors (Lipinski definition) is 3. The number of ether oxygens (including phenoxy) is 1. The molecule has 6 heteroatoms. The van der Waals surface area contributed by atoms with Gasteiger partial charge in [0.1, 0.15) is 5.75 Å². The van der Waals surface area contributed by atoms with E-state index >= 15 is 0 Å². The van der Waals surface area contributed by atoms with Crippen molar-refractivity contribution in [1.82, 2.24) is 20.4 Å². The van der Waals surface area contributed by atoms with Crippen LogP contribution in [0.4, 0.5) is 0 Å². The average Bonchev–Trinajstić information content (AvgIpc) is 3.25. The van der Waals surface area contributed by atoms with E-state index in [0.717, 1.165) is 31.2 Å². The van der Waals surface area contributed by atoms with Gasteiger partial charge >= 0.3 is 0 Å². The fourth-order valence-electron chi connectivity index (χ4n) is 3.27. The second-order valence-electron chi connectivity index (χ2n) is 6.89. The Kier molecular flexibility index (Phi) is 7.28. The molecular weight excluding hydrogens is 362 g/mol. The quantitative estimate of drug-likeness (QED) is 0.457. The number of nitrogens with one attached hydrogen (secondary N) is 2. The third-order valence-corrected chi connectivity index (χ3v) is 4.80. The highest BCUT2D eigenvalue weighted by Crippen LogP contribution is 2.19. The van der Waals surface area contributed by atoms with Crippen LogP contribution in [0.5, 0.6) is 5.75 Å². The highest BCUT2D eigenvalue weighted by Gasteiger charge is 2.06. The molecule has 0 unspecified atom stereocenters. The van der Waals surface area contributed by atoms with Crippen molar-refractivity contribution in [3.63, 3.8) is 0 Å². The standard InChI is InChI=1S/C23H29N5O/c1-18-9-10-22(29-3)19(15-18)11-13-25-23(24-2)26-16-20-7-4-5-8-21(20)17-28-14-6-12-27-28/h4-10,12,14-15H,11,13,16-17H2,1-3H3,(H2,24,25,26). The maximum atomic E-state index is 5.46. The van der Waals surface area contributed by atoms with Gasteiger partial charge in [-0.05, 0) is 42.2 Å². The first-order valence-corrected chi connectivity index (χ1v) is 9.82. The minimum Gasteiger partial charge on any atom is -0.496 e. The molecule has 0 aliphatic carbocycles. The third kappa shape index (κ3) is 5.85. The second kappa shape index (κ2) is 10.3. The van der Waals surface area contributed by atoms with Crippen molar-refractivity contribution in [2.45, 2.75) is 26.4 Å². The molecule has 0 amide bonds. The predicted octanol–water partition coefficient (Wildman–Crippen LogP) is 3.16. The SMILES string of the molecule is CN=C(NCCc1cc(C)ccc1OC)NCc1ccccc1Cn1cccn1.